The molecule has 3 aromatic heterocycles. The number of anilines is 1. The number of hydrogen-bond acceptors (Lipinski definition) is 8. The number of nitrogens with two attached hydrogens (primary N) is 1. The topological polar surface area (TPSA) is 136 Å². The number of aromatic nitrogens is 4. The summed E-state index contributed by atoms with van der Waals surface area (Å²) in [6.07, 6.45) is 2.86. The van der Waals surface area contributed by atoms with Crippen molar-refractivity contribution in [2.24, 2.45) is 0 Å². The van der Waals surface area contributed by atoms with E-state index in [1.165, 1.54) is 30.7 Å². The van der Waals surface area contributed by atoms with Gasteiger partial charge in [-0.05, 0) is 18.2 Å². The van der Waals surface area contributed by atoms with Crippen molar-refractivity contribution >= 4 is 28.7 Å². The number of nitrogens with one attached hydrogen (secondary N) is 2. The zero-order valence-electron chi connectivity index (χ0n) is 17.1. The number of ether oxygens (including phenoxy) is 1. The molecule has 0 unspecified atom stereocenters. The molecule has 0 saturated carbocycles. The van der Waals surface area contributed by atoms with Gasteiger partial charge in [0.1, 0.15) is 27.3 Å². The van der Waals surface area contributed by atoms with Gasteiger partial charge in [-0.3, -0.25) is 9.59 Å². The molecule has 9 nitrogen and oxygen atoms in total. The number of carbonyl (C=O) groups is 2. The second-order valence-corrected chi connectivity index (χ2v) is 7.82. The minimum atomic E-state index is -1.08. The monoisotopic (exact) mass is 470 g/mol. The maximum Gasteiger partial charge on any atom is 0.268 e. The summed E-state index contributed by atoms with van der Waals surface area (Å²) in [5, 5.41) is 12.0. The van der Waals surface area contributed by atoms with Crippen LogP contribution in [0.4, 0.5) is 14.5 Å². The molecule has 12 heteroatoms. The van der Waals surface area contributed by atoms with Crippen molar-refractivity contribution in [3.63, 3.8) is 0 Å². The highest BCUT2D eigenvalue weighted by Crippen LogP contribution is 2.24. The van der Waals surface area contributed by atoms with Gasteiger partial charge in [-0.2, -0.15) is 0 Å². The first kappa shape index (κ1) is 22.0. The van der Waals surface area contributed by atoms with Gasteiger partial charge in [-0.1, -0.05) is 11.3 Å². The van der Waals surface area contributed by atoms with E-state index in [2.05, 4.69) is 25.5 Å². The third-order valence-corrected chi connectivity index (χ3v) is 5.53. The third-order valence-electron chi connectivity index (χ3n) is 4.56. The zero-order chi connectivity index (χ0) is 23.5. The van der Waals surface area contributed by atoms with Crippen LogP contribution in [0.25, 0.3) is 10.6 Å². The van der Waals surface area contributed by atoms with Crippen molar-refractivity contribution < 1.29 is 23.1 Å². The highest BCUT2D eigenvalue weighted by Gasteiger charge is 2.21. The molecule has 1 amide bonds. The van der Waals surface area contributed by atoms with Crippen LogP contribution in [-0.4, -0.2) is 39.0 Å². The van der Waals surface area contributed by atoms with Gasteiger partial charge in [0.05, 0.1) is 19.2 Å². The Labute approximate surface area is 189 Å². The van der Waals surface area contributed by atoms with E-state index in [1.54, 1.807) is 18.3 Å². The van der Waals surface area contributed by atoms with Crippen molar-refractivity contribution in [2.45, 2.75) is 6.54 Å². The number of aromatic amines is 1. The summed E-state index contributed by atoms with van der Waals surface area (Å²) < 4.78 is 32.3. The normalized spacial score (nSPS) is 10.8. The minimum absolute atomic E-state index is 0.00238. The smallest absolute Gasteiger partial charge is 0.268 e. The van der Waals surface area contributed by atoms with Gasteiger partial charge in [0.25, 0.3) is 5.91 Å². The predicted molar refractivity (Wildman–Crippen MR) is 116 cm³/mol. The Morgan fingerprint density at radius 2 is 2.03 bits per heavy atom. The van der Waals surface area contributed by atoms with Gasteiger partial charge in [-0.25, -0.2) is 13.8 Å². The number of ketones is 1. The summed E-state index contributed by atoms with van der Waals surface area (Å²) in [4.78, 5) is 31.8. The van der Waals surface area contributed by atoms with Crippen LogP contribution in [0, 0.1) is 11.6 Å². The minimum Gasteiger partial charge on any atom is -0.481 e. The number of amides is 1. The molecule has 3 heterocycles. The Kier molecular flexibility index (Phi) is 6.09. The molecule has 168 valence electrons. The number of nitrogen functional groups attached to an aromatic ring is 1. The van der Waals surface area contributed by atoms with Gasteiger partial charge >= 0.3 is 0 Å². The van der Waals surface area contributed by atoms with Gasteiger partial charge in [0.2, 0.25) is 5.88 Å². The van der Waals surface area contributed by atoms with Gasteiger partial charge in [0, 0.05) is 41.3 Å². The molecule has 33 heavy (non-hydrogen) atoms. The van der Waals surface area contributed by atoms with E-state index >= 15 is 0 Å². The van der Waals surface area contributed by atoms with Crippen molar-refractivity contribution in [1.82, 2.24) is 25.5 Å². The van der Waals surface area contributed by atoms with E-state index < -0.39 is 28.9 Å². The molecule has 4 rings (SSSR count). The number of nitrogens with zero attached hydrogens (tertiary/aromatic N) is 3. The first-order valence-corrected chi connectivity index (χ1v) is 10.3. The summed E-state index contributed by atoms with van der Waals surface area (Å²) in [5.41, 5.74) is 5.62. The summed E-state index contributed by atoms with van der Waals surface area (Å²) >= 11 is 1.28. The van der Waals surface area contributed by atoms with Crippen LogP contribution in [0.5, 0.6) is 5.88 Å². The molecule has 0 aliphatic carbocycles. The molecular formula is C21H16F2N6O3S. The molecular weight excluding hydrogens is 454 g/mol. The van der Waals surface area contributed by atoms with Crippen molar-refractivity contribution in [3.8, 4) is 16.5 Å². The van der Waals surface area contributed by atoms with Crippen molar-refractivity contribution in [3.05, 3.63) is 76.2 Å². The van der Waals surface area contributed by atoms with Crippen LogP contribution in [0.15, 0.2) is 42.7 Å². The molecule has 0 radical (unpaired) electrons. The molecule has 0 spiro atoms. The van der Waals surface area contributed by atoms with Crippen molar-refractivity contribution in [1.29, 1.82) is 0 Å². The maximum atomic E-state index is 14.0. The lowest BCUT2D eigenvalue weighted by Gasteiger charge is -2.05. The fourth-order valence-electron chi connectivity index (χ4n) is 2.95. The fraction of sp³-hybridized carbons (Fsp3) is 0.0952. The van der Waals surface area contributed by atoms with Gasteiger partial charge in [-0.15, -0.1) is 10.2 Å². The Morgan fingerprint density at radius 3 is 2.73 bits per heavy atom. The number of hydrogen-bond donors (Lipinski definition) is 3. The Hall–Kier alpha value is -4.19. The molecule has 1 aromatic carbocycles. The molecule has 4 aromatic rings. The molecule has 0 aliphatic rings. The average molecular weight is 470 g/mol. The van der Waals surface area contributed by atoms with E-state index in [9.17, 15) is 18.4 Å². The van der Waals surface area contributed by atoms with Crippen LogP contribution in [0.3, 0.4) is 0 Å². The first-order chi connectivity index (χ1) is 15.9. The van der Waals surface area contributed by atoms with Crippen LogP contribution in [0.2, 0.25) is 0 Å². The summed E-state index contributed by atoms with van der Waals surface area (Å²) in [6, 6.07) is 6.18. The standard InChI is InChI=1S/C21H16F2N6O3S/c1-32-16-3-2-10(7-26-16)21-29-28-17(33-21)9-27-20(31)15-4-11(8-25-15)19(30)18-13(23)5-12(22)6-14(18)24/h2-8,25H,9,24H2,1H3,(H,27,31). The largest absolute Gasteiger partial charge is 0.481 e. The number of carbonyl (C=O) groups excluding carboxylic acids is 2. The quantitative estimate of drug-likeness (QED) is 0.279. The highest BCUT2D eigenvalue weighted by molar-refractivity contribution is 7.14. The molecule has 0 atom stereocenters. The number of methoxy groups -OCH3 is 1. The Bertz CT molecular complexity index is 1310. The Morgan fingerprint density at radius 1 is 1.21 bits per heavy atom. The van der Waals surface area contributed by atoms with E-state index in [4.69, 9.17) is 10.5 Å². The zero-order valence-corrected chi connectivity index (χ0v) is 17.9. The number of rotatable bonds is 7. The molecule has 0 saturated heterocycles. The third kappa shape index (κ3) is 4.70. The molecule has 0 aliphatic heterocycles. The average Bonchev–Trinajstić information content (AvgIpc) is 3.47. The Balaban J connectivity index is 1.41. The van der Waals surface area contributed by atoms with E-state index in [-0.39, 0.29) is 23.5 Å². The lowest BCUT2D eigenvalue weighted by atomic mass is 10.0. The summed E-state index contributed by atoms with van der Waals surface area (Å²) in [5.74, 6) is -2.78. The van der Waals surface area contributed by atoms with Crippen LogP contribution in [0.1, 0.15) is 31.4 Å². The highest BCUT2D eigenvalue weighted by atomic mass is 32.1. The van der Waals surface area contributed by atoms with Crippen molar-refractivity contribution in [2.75, 3.05) is 12.8 Å². The van der Waals surface area contributed by atoms with Crippen LogP contribution >= 0.6 is 11.3 Å². The maximum absolute atomic E-state index is 14.0. The van der Waals surface area contributed by atoms with E-state index in [1.807, 2.05) is 0 Å². The second-order valence-electron chi connectivity index (χ2n) is 6.76. The lowest BCUT2D eigenvalue weighted by molar-refractivity contribution is 0.0946. The number of halogens is 2. The second kappa shape index (κ2) is 9.12. The van der Waals surface area contributed by atoms with E-state index in [0.29, 0.717) is 22.0 Å². The fourth-order valence-corrected chi connectivity index (χ4v) is 3.72. The number of benzene rings is 1. The lowest BCUT2D eigenvalue weighted by Crippen LogP contribution is -2.23. The van der Waals surface area contributed by atoms with Crippen LogP contribution in [-0.2, 0) is 6.54 Å². The summed E-state index contributed by atoms with van der Waals surface area (Å²) in [7, 11) is 1.52. The predicted octanol–water partition coefficient (Wildman–Crippen LogP) is 2.96. The van der Waals surface area contributed by atoms with Gasteiger partial charge in [0.15, 0.2) is 5.78 Å². The van der Waals surface area contributed by atoms with Crippen LogP contribution < -0.4 is 15.8 Å². The molecule has 4 N–H and O–H groups in total. The number of pyridine rings is 1. The SMILES string of the molecule is COc1ccc(-c2nnc(CNC(=O)c3cc(C(=O)c4c(N)cc(F)cc4F)c[nH]3)s2)cn1. The van der Waals surface area contributed by atoms with Gasteiger partial charge < -0.3 is 20.8 Å². The summed E-state index contributed by atoms with van der Waals surface area (Å²) in [6.45, 7) is 0.0991. The molecule has 0 fully saturated rings. The molecule has 0 bridgehead atoms. The first-order valence-electron chi connectivity index (χ1n) is 9.44. The number of H-pyrrole nitrogens is 1. The van der Waals surface area contributed by atoms with E-state index in [0.717, 1.165) is 11.6 Å².